The second-order valence-corrected chi connectivity index (χ2v) is 6.07. The molecule has 0 atom stereocenters. The van der Waals surface area contributed by atoms with Crippen LogP contribution in [0.4, 0.5) is 20.2 Å². The van der Waals surface area contributed by atoms with E-state index in [-0.39, 0.29) is 17.5 Å². The van der Waals surface area contributed by atoms with Crippen molar-refractivity contribution in [1.29, 1.82) is 0 Å². The van der Waals surface area contributed by atoms with Gasteiger partial charge >= 0.3 is 0 Å². The molecular weight excluding hydrogens is 330 g/mol. The third-order valence-electron chi connectivity index (χ3n) is 3.23. The number of nitrogens with one attached hydrogen (secondary N) is 2. The Kier molecular flexibility index (Phi) is 5.84. The maximum atomic E-state index is 13.2. The summed E-state index contributed by atoms with van der Waals surface area (Å²) in [5.41, 5.74) is 0.149. The predicted octanol–water partition coefficient (Wildman–Crippen LogP) is 3.69. The number of aromatic nitrogens is 2. The highest BCUT2D eigenvalue weighted by Crippen LogP contribution is 2.24. The lowest BCUT2D eigenvalue weighted by Gasteiger charge is -2.07. The van der Waals surface area contributed by atoms with E-state index in [2.05, 4.69) is 15.7 Å². The maximum absolute atomic E-state index is 13.2. The molecule has 1 aromatic heterocycles. The average Bonchev–Trinajstić information content (AvgIpc) is 2.90. The van der Waals surface area contributed by atoms with Crippen molar-refractivity contribution in [2.45, 2.75) is 33.7 Å². The molecule has 0 saturated carbocycles. The molecule has 6 nitrogen and oxygen atoms in total. The summed E-state index contributed by atoms with van der Waals surface area (Å²) < 4.78 is 27.8. The largest absolute Gasteiger partial charge is 0.326 e. The Hall–Kier alpha value is -2.77. The summed E-state index contributed by atoms with van der Waals surface area (Å²) in [4.78, 5) is 23.4. The van der Waals surface area contributed by atoms with Crippen LogP contribution in [-0.2, 0) is 11.3 Å². The Morgan fingerprint density at radius 1 is 1.20 bits per heavy atom. The number of halogens is 2. The maximum Gasteiger partial charge on any atom is 0.276 e. The Morgan fingerprint density at radius 2 is 1.84 bits per heavy atom. The quantitative estimate of drug-likeness (QED) is 0.834. The smallest absolute Gasteiger partial charge is 0.276 e. The number of rotatable bonds is 6. The molecule has 0 unspecified atom stereocenters. The van der Waals surface area contributed by atoms with E-state index in [0.717, 1.165) is 0 Å². The second-order valence-electron chi connectivity index (χ2n) is 6.07. The first-order chi connectivity index (χ1) is 11.8. The minimum absolute atomic E-state index is 0.204. The van der Waals surface area contributed by atoms with E-state index in [4.69, 9.17) is 0 Å². The fourth-order valence-corrected chi connectivity index (χ4v) is 2.31. The molecule has 0 spiro atoms. The second kappa shape index (κ2) is 7.87. The van der Waals surface area contributed by atoms with Gasteiger partial charge in [0.1, 0.15) is 0 Å². The number of amides is 2. The molecule has 0 aliphatic heterocycles. The Bertz CT molecular complexity index is 772. The zero-order valence-corrected chi connectivity index (χ0v) is 14.2. The van der Waals surface area contributed by atoms with Crippen molar-refractivity contribution in [2.75, 3.05) is 10.6 Å². The van der Waals surface area contributed by atoms with Gasteiger partial charge in [-0.15, -0.1) is 0 Å². The van der Waals surface area contributed by atoms with Crippen LogP contribution < -0.4 is 10.6 Å². The molecular formula is C17H20F2N4O2. The molecule has 0 saturated heterocycles. The SMILES string of the molecule is CC(=O)Nc1cccc(NC(=O)c2nn(CC(C)C)cc2C(F)F)c1. The van der Waals surface area contributed by atoms with Crippen molar-refractivity contribution in [3.05, 3.63) is 41.7 Å². The van der Waals surface area contributed by atoms with Gasteiger partial charge in [-0.3, -0.25) is 14.3 Å². The van der Waals surface area contributed by atoms with Gasteiger partial charge in [0.05, 0.1) is 5.56 Å². The molecule has 8 heteroatoms. The van der Waals surface area contributed by atoms with Crippen molar-refractivity contribution in [3.63, 3.8) is 0 Å². The molecule has 0 bridgehead atoms. The Labute approximate surface area is 144 Å². The minimum Gasteiger partial charge on any atom is -0.326 e. The molecule has 0 fully saturated rings. The number of carbonyl (C=O) groups excluding carboxylic acids is 2. The highest BCUT2D eigenvalue weighted by atomic mass is 19.3. The number of alkyl halides is 2. The van der Waals surface area contributed by atoms with Crippen LogP contribution in [0, 0.1) is 5.92 Å². The van der Waals surface area contributed by atoms with Gasteiger partial charge in [-0.2, -0.15) is 5.10 Å². The summed E-state index contributed by atoms with van der Waals surface area (Å²) in [7, 11) is 0. The summed E-state index contributed by atoms with van der Waals surface area (Å²) >= 11 is 0. The van der Waals surface area contributed by atoms with E-state index in [1.54, 1.807) is 18.2 Å². The van der Waals surface area contributed by atoms with Crippen molar-refractivity contribution < 1.29 is 18.4 Å². The van der Waals surface area contributed by atoms with Crippen LogP contribution in [0.5, 0.6) is 0 Å². The van der Waals surface area contributed by atoms with E-state index in [1.807, 2.05) is 13.8 Å². The van der Waals surface area contributed by atoms with Gasteiger partial charge in [-0.25, -0.2) is 8.78 Å². The third kappa shape index (κ3) is 5.10. The lowest BCUT2D eigenvalue weighted by Crippen LogP contribution is -2.16. The standard InChI is InChI=1S/C17H20F2N4O2/c1-10(2)8-23-9-14(16(18)19)15(22-23)17(25)21-13-6-4-5-12(7-13)20-11(3)24/h4-7,9-10,16H,8H2,1-3H3,(H,20,24)(H,21,25). The van der Waals surface area contributed by atoms with Crippen LogP contribution in [0.3, 0.4) is 0 Å². The van der Waals surface area contributed by atoms with E-state index >= 15 is 0 Å². The number of hydrogen-bond acceptors (Lipinski definition) is 3. The lowest BCUT2D eigenvalue weighted by atomic mass is 10.2. The first-order valence-corrected chi connectivity index (χ1v) is 7.80. The molecule has 134 valence electrons. The number of hydrogen-bond donors (Lipinski definition) is 2. The van der Waals surface area contributed by atoms with E-state index in [9.17, 15) is 18.4 Å². The molecule has 25 heavy (non-hydrogen) atoms. The molecule has 2 N–H and O–H groups in total. The summed E-state index contributed by atoms with van der Waals surface area (Å²) in [6, 6.07) is 6.41. The van der Waals surface area contributed by atoms with Crippen LogP contribution in [0.2, 0.25) is 0 Å². The summed E-state index contributed by atoms with van der Waals surface area (Å²) in [6.45, 7) is 5.65. The summed E-state index contributed by atoms with van der Waals surface area (Å²) in [5, 5.41) is 9.11. The highest BCUT2D eigenvalue weighted by molar-refractivity contribution is 6.04. The van der Waals surface area contributed by atoms with E-state index in [0.29, 0.717) is 17.9 Å². The van der Waals surface area contributed by atoms with Gasteiger partial charge in [-0.1, -0.05) is 19.9 Å². The topological polar surface area (TPSA) is 76.0 Å². The monoisotopic (exact) mass is 350 g/mol. The first kappa shape index (κ1) is 18.6. The molecule has 1 aromatic carbocycles. The van der Waals surface area contributed by atoms with Crippen molar-refractivity contribution in [1.82, 2.24) is 9.78 Å². The van der Waals surface area contributed by atoms with E-state index < -0.39 is 17.9 Å². The molecule has 2 rings (SSSR count). The van der Waals surface area contributed by atoms with Crippen molar-refractivity contribution in [3.8, 4) is 0 Å². The average molecular weight is 350 g/mol. The van der Waals surface area contributed by atoms with Gasteiger partial charge in [0.25, 0.3) is 12.3 Å². The van der Waals surface area contributed by atoms with Crippen LogP contribution in [0.1, 0.15) is 43.2 Å². The third-order valence-corrected chi connectivity index (χ3v) is 3.23. The molecule has 1 heterocycles. The molecule has 0 radical (unpaired) electrons. The molecule has 0 aliphatic carbocycles. The van der Waals surface area contributed by atoms with Crippen molar-refractivity contribution in [2.24, 2.45) is 5.92 Å². The lowest BCUT2D eigenvalue weighted by molar-refractivity contribution is -0.114. The first-order valence-electron chi connectivity index (χ1n) is 7.80. The van der Waals surface area contributed by atoms with Gasteiger partial charge in [0.15, 0.2) is 5.69 Å². The number of benzene rings is 1. The van der Waals surface area contributed by atoms with Gasteiger partial charge < -0.3 is 10.6 Å². The fraction of sp³-hybridized carbons (Fsp3) is 0.353. The predicted molar refractivity (Wildman–Crippen MR) is 90.7 cm³/mol. The Morgan fingerprint density at radius 3 is 2.40 bits per heavy atom. The Balaban J connectivity index is 2.22. The zero-order valence-electron chi connectivity index (χ0n) is 14.2. The summed E-state index contributed by atoms with van der Waals surface area (Å²) in [6.07, 6.45) is -1.60. The molecule has 2 amide bonds. The number of carbonyl (C=O) groups is 2. The highest BCUT2D eigenvalue weighted by Gasteiger charge is 2.23. The summed E-state index contributed by atoms with van der Waals surface area (Å²) in [5.74, 6) is -0.774. The van der Waals surface area contributed by atoms with Crippen molar-refractivity contribution >= 4 is 23.2 Å². The minimum atomic E-state index is -2.80. The number of anilines is 2. The van der Waals surface area contributed by atoms with Crippen LogP contribution >= 0.6 is 0 Å². The van der Waals surface area contributed by atoms with Gasteiger partial charge in [0, 0.05) is 31.0 Å². The van der Waals surface area contributed by atoms with Gasteiger partial charge in [0.2, 0.25) is 5.91 Å². The normalized spacial score (nSPS) is 11.0. The molecule has 2 aromatic rings. The van der Waals surface area contributed by atoms with Gasteiger partial charge in [-0.05, 0) is 24.1 Å². The van der Waals surface area contributed by atoms with Crippen LogP contribution in [0.25, 0.3) is 0 Å². The number of nitrogens with zero attached hydrogens (tertiary/aromatic N) is 2. The van der Waals surface area contributed by atoms with E-state index in [1.165, 1.54) is 23.9 Å². The zero-order chi connectivity index (χ0) is 18.6. The fourth-order valence-electron chi connectivity index (χ4n) is 2.31. The molecule has 0 aliphatic rings. The van der Waals surface area contributed by atoms with Crippen LogP contribution in [-0.4, -0.2) is 21.6 Å². The van der Waals surface area contributed by atoms with Crippen LogP contribution in [0.15, 0.2) is 30.5 Å².